The van der Waals surface area contributed by atoms with Gasteiger partial charge in [-0.3, -0.25) is 4.79 Å². The van der Waals surface area contributed by atoms with E-state index in [1.54, 1.807) is 25.1 Å². The third kappa shape index (κ3) is 4.10. The predicted molar refractivity (Wildman–Crippen MR) is 87.6 cm³/mol. The second-order valence-electron chi connectivity index (χ2n) is 5.23. The van der Waals surface area contributed by atoms with Crippen LogP contribution in [-0.4, -0.2) is 32.0 Å². The topological polar surface area (TPSA) is 66.0 Å². The molecule has 1 aliphatic heterocycles. The van der Waals surface area contributed by atoms with Crippen molar-refractivity contribution in [3.05, 3.63) is 48.5 Å². The van der Waals surface area contributed by atoms with Gasteiger partial charge in [0.1, 0.15) is 18.1 Å². The molecule has 6 nitrogen and oxygen atoms in total. The van der Waals surface area contributed by atoms with Crippen molar-refractivity contribution in [2.45, 2.75) is 13.0 Å². The Hall–Kier alpha value is -2.89. The van der Waals surface area contributed by atoms with Crippen molar-refractivity contribution in [3.8, 4) is 23.0 Å². The summed E-state index contributed by atoms with van der Waals surface area (Å²) in [5, 5.41) is 2.78. The molecule has 1 aliphatic rings. The fraction of sp³-hybridized carbons (Fsp3) is 0.278. The number of carbonyl (C=O) groups excluding carboxylic acids is 1. The molecule has 1 heterocycles. The molecule has 1 amide bonds. The number of carbonyl (C=O) groups is 1. The van der Waals surface area contributed by atoms with Crippen molar-refractivity contribution in [1.82, 2.24) is 5.32 Å². The first-order valence-corrected chi connectivity index (χ1v) is 7.74. The predicted octanol–water partition coefficient (Wildman–Crippen LogP) is 2.38. The standard InChI is InChI=1S/C18H19NO5/c1-13(24-15-7-8-16-17(11-15)23-12-22-16)18(20)19-9-10-21-14-5-3-2-4-6-14/h2-8,11,13H,9-10,12H2,1H3,(H,19,20)/t13-/m1/s1. The van der Waals surface area contributed by atoms with E-state index in [0.29, 0.717) is 30.4 Å². The fourth-order valence-electron chi connectivity index (χ4n) is 2.21. The van der Waals surface area contributed by atoms with Gasteiger partial charge in [0.25, 0.3) is 5.91 Å². The summed E-state index contributed by atoms with van der Waals surface area (Å²) in [4.78, 5) is 12.0. The van der Waals surface area contributed by atoms with Crippen LogP contribution in [0, 0.1) is 0 Å². The number of hydrogen-bond acceptors (Lipinski definition) is 5. The largest absolute Gasteiger partial charge is 0.492 e. The van der Waals surface area contributed by atoms with E-state index < -0.39 is 6.10 Å². The molecule has 0 radical (unpaired) electrons. The van der Waals surface area contributed by atoms with Crippen molar-refractivity contribution < 1.29 is 23.7 Å². The molecule has 1 atom stereocenters. The molecule has 0 aliphatic carbocycles. The molecule has 0 spiro atoms. The first-order valence-electron chi connectivity index (χ1n) is 7.74. The van der Waals surface area contributed by atoms with Crippen molar-refractivity contribution in [2.24, 2.45) is 0 Å². The number of benzene rings is 2. The molecule has 0 saturated heterocycles. The van der Waals surface area contributed by atoms with Crippen LogP contribution in [0.15, 0.2) is 48.5 Å². The number of nitrogens with one attached hydrogen (secondary N) is 1. The molecule has 24 heavy (non-hydrogen) atoms. The summed E-state index contributed by atoms with van der Waals surface area (Å²) in [7, 11) is 0. The maximum Gasteiger partial charge on any atom is 0.260 e. The highest BCUT2D eigenvalue weighted by Crippen LogP contribution is 2.35. The lowest BCUT2D eigenvalue weighted by atomic mass is 10.3. The molecule has 1 N–H and O–H groups in total. The van der Waals surface area contributed by atoms with E-state index in [2.05, 4.69) is 5.32 Å². The lowest BCUT2D eigenvalue weighted by Gasteiger charge is -2.15. The van der Waals surface area contributed by atoms with E-state index >= 15 is 0 Å². The Morgan fingerprint density at radius 1 is 1.12 bits per heavy atom. The summed E-state index contributed by atoms with van der Waals surface area (Å²) >= 11 is 0. The molecular weight excluding hydrogens is 310 g/mol. The Labute approximate surface area is 140 Å². The van der Waals surface area contributed by atoms with Crippen LogP contribution in [0.2, 0.25) is 0 Å². The number of rotatable bonds is 7. The molecular formula is C18H19NO5. The molecule has 0 aromatic heterocycles. The summed E-state index contributed by atoms with van der Waals surface area (Å²) in [5.41, 5.74) is 0. The van der Waals surface area contributed by atoms with E-state index in [-0.39, 0.29) is 12.7 Å². The molecule has 6 heteroatoms. The van der Waals surface area contributed by atoms with Crippen LogP contribution >= 0.6 is 0 Å². The van der Waals surface area contributed by atoms with Crippen molar-refractivity contribution in [2.75, 3.05) is 19.9 Å². The molecule has 0 unspecified atom stereocenters. The van der Waals surface area contributed by atoms with Gasteiger partial charge in [0.2, 0.25) is 6.79 Å². The molecule has 3 rings (SSSR count). The van der Waals surface area contributed by atoms with Crippen LogP contribution < -0.4 is 24.3 Å². The first kappa shape index (κ1) is 16.0. The van der Waals surface area contributed by atoms with Crippen LogP contribution in [0.1, 0.15) is 6.92 Å². The minimum atomic E-state index is -0.623. The van der Waals surface area contributed by atoms with Crippen LogP contribution in [0.4, 0.5) is 0 Å². The SMILES string of the molecule is C[C@@H](Oc1ccc2c(c1)OCO2)C(=O)NCCOc1ccccc1. The third-order valence-electron chi connectivity index (χ3n) is 3.44. The summed E-state index contributed by atoms with van der Waals surface area (Å²) < 4.78 is 21.7. The highest BCUT2D eigenvalue weighted by Gasteiger charge is 2.17. The van der Waals surface area contributed by atoms with Crippen LogP contribution in [-0.2, 0) is 4.79 Å². The Kier molecular flexibility index (Phi) is 5.05. The Balaban J connectivity index is 1.41. The molecule has 0 saturated carbocycles. The monoisotopic (exact) mass is 329 g/mol. The highest BCUT2D eigenvalue weighted by molar-refractivity contribution is 5.80. The smallest absolute Gasteiger partial charge is 0.260 e. The van der Waals surface area contributed by atoms with Crippen LogP contribution in [0.5, 0.6) is 23.0 Å². The van der Waals surface area contributed by atoms with E-state index in [1.807, 2.05) is 30.3 Å². The maximum atomic E-state index is 12.0. The molecule has 2 aromatic rings. The van der Waals surface area contributed by atoms with Crippen molar-refractivity contribution in [1.29, 1.82) is 0 Å². The van der Waals surface area contributed by atoms with E-state index in [4.69, 9.17) is 18.9 Å². The van der Waals surface area contributed by atoms with Crippen molar-refractivity contribution in [3.63, 3.8) is 0 Å². The Morgan fingerprint density at radius 3 is 2.75 bits per heavy atom. The highest BCUT2D eigenvalue weighted by atomic mass is 16.7. The quantitative estimate of drug-likeness (QED) is 0.790. The van der Waals surface area contributed by atoms with Crippen LogP contribution in [0.25, 0.3) is 0 Å². The first-order chi connectivity index (χ1) is 11.7. The summed E-state index contributed by atoms with van der Waals surface area (Å²) in [6.07, 6.45) is -0.623. The summed E-state index contributed by atoms with van der Waals surface area (Å²) in [6, 6.07) is 14.7. The molecule has 0 bridgehead atoms. The summed E-state index contributed by atoms with van der Waals surface area (Å²) in [5.74, 6) is 2.43. The second-order valence-corrected chi connectivity index (χ2v) is 5.23. The molecule has 126 valence electrons. The number of ether oxygens (including phenoxy) is 4. The second kappa shape index (κ2) is 7.59. The van der Waals surface area contributed by atoms with Gasteiger partial charge in [-0.25, -0.2) is 0 Å². The molecule has 0 fully saturated rings. The van der Waals surface area contributed by atoms with Gasteiger partial charge < -0.3 is 24.3 Å². The zero-order valence-corrected chi connectivity index (χ0v) is 13.4. The van der Waals surface area contributed by atoms with Gasteiger partial charge >= 0.3 is 0 Å². The van der Waals surface area contributed by atoms with Gasteiger partial charge in [0.15, 0.2) is 17.6 Å². The van der Waals surface area contributed by atoms with E-state index in [0.717, 1.165) is 5.75 Å². The minimum Gasteiger partial charge on any atom is -0.492 e. The van der Waals surface area contributed by atoms with Gasteiger partial charge in [-0.05, 0) is 31.2 Å². The summed E-state index contributed by atoms with van der Waals surface area (Å²) in [6.45, 7) is 2.70. The third-order valence-corrected chi connectivity index (χ3v) is 3.44. The number of fused-ring (bicyclic) bond motifs is 1. The van der Waals surface area contributed by atoms with Gasteiger partial charge in [0.05, 0.1) is 6.54 Å². The van der Waals surface area contributed by atoms with Gasteiger partial charge in [0, 0.05) is 6.07 Å². The normalized spacial score (nSPS) is 13.2. The van der Waals surface area contributed by atoms with Gasteiger partial charge in [-0.1, -0.05) is 18.2 Å². The van der Waals surface area contributed by atoms with Crippen LogP contribution in [0.3, 0.4) is 0 Å². The Bertz CT molecular complexity index is 689. The number of para-hydroxylation sites is 1. The minimum absolute atomic E-state index is 0.204. The zero-order chi connectivity index (χ0) is 16.8. The fourth-order valence-corrected chi connectivity index (χ4v) is 2.21. The number of amides is 1. The average Bonchev–Trinajstić information content (AvgIpc) is 3.07. The van der Waals surface area contributed by atoms with Crippen molar-refractivity contribution >= 4 is 5.91 Å². The maximum absolute atomic E-state index is 12.0. The Morgan fingerprint density at radius 2 is 1.92 bits per heavy atom. The lowest BCUT2D eigenvalue weighted by molar-refractivity contribution is -0.127. The van der Waals surface area contributed by atoms with Gasteiger partial charge in [-0.15, -0.1) is 0 Å². The van der Waals surface area contributed by atoms with E-state index in [1.165, 1.54) is 0 Å². The number of hydrogen-bond donors (Lipinski definition) is 1. The van der Waals surface area contributed by atoms with E-state index in [9.17, 15) is 4.79 Å². The average molecular weight is 329 g/mol. The molecule has 2 aromatic carbocycles. The lowest BCUT2D eigenvalue weighted by Crippen LogP contribution is -2.38. The van der Waals surface area contributed by atoms with Gasteiger partial charge in [-0.2, -0.15) is 0 Å². The zero-order valence-electron chi connectivity index (χ0n) is 13.4.